The average Bonchev–Trinajstić information content (AvgIpc) is 2.69. The van der Waals surface area contributed by atoms with Gasteiger partial charge in [-0.25, -0.2) is 0 Å². The van der Waals surface area contributed by atoms with Gasteiger partial charge in [0.2, 0.25) is 0 Å². The lowest BCUT2D eigenvalue weighted by atomic mass is 9.80. The quantitative estimate of drug-likeness (QED) is 0.831. The van der Waals surface area contributed by atoms with E-state index in [0.29, 0.717) is 0 Å². The first-order valence-corrected chi connectivity index (χ1v) is 7.19. The first-order chi connectivity index (χ1) is 8.75. The van der Waals surface area contributed by atoms with E-state index in [0.717, 1.165) is 28.7 Å². The lowest BCUT2D eigenvalue weighted by Gasteiger charge is -2.29. The highest BCUT2D eigenvalue weighted by Gasteiger charge is 2.22. The van der Waals surface area contributed by atoms with Gasteiger partial charge in [0.25, 0.3) is 0 Å². The van der Waals surface area contributed by atoms with Gasteiger partial charge in [-0.3, -0.25) is 4.98 Å². The van der Waals surface area contributed by atoms with E-state index in [2.05, 4.69) is 27.5 Å². The summed E-state index contributed by atoms with van der Waals surface area (Å²) in [7, 11) is 0. The Morgan fingerprint density at radius 2 is 2.28 bits per heavy atom. The fourth-order valence-corrected chi connectivity index (χ4v) is 3.37. The van der Waals surface area contributed by atoms with E-state index in [4.69, 9.17) is 12.2 Å². The molecule has 96 valence electrons. The summed E-state index contributed by atoms with van der Waals surface area (Å²) in [6.45, 7) is 3.42. The van der Waals surface area contributed by atoms with E-state index in [1.54, 1.807) is 0 Å². The van der Waals surface area contributed by atoms with Gasteiger partial charge in [0.05, 0.1) is 17.2 Å². The summed E-state index contributed by atoms with van der Waals surface area (Å²) in [5.74, 6) is 1.57. The molecule has 2 heterocycles. The highest BCUT2D eigenvalue weighted by atomic mass is 32.1. The van der Waals surface area contributed by atoms with Crippen LogP contribution in [0.1, 0.15) is 32.6 Å². The summed E-state index contributed by atoms with van der Waals surface area (Å²) in [4.78, 5) is 7.38. The molecule has 3 nitrogen and oxygen atoms in total. The largest absolute Gasteiger partial charge is 0.329 e. The molecule has 0 amide bonds. The van der Waals surface area contributed by atoms with Gasteiger partial charge < -0.3 is 9.55 Å². The number of hydrogen-bond donors (Lipinski definition) is 1. The molecule has 1 saturated carbocycles. The van der Waals surface area contributed by atoms with E-state index in [-0.39, 0.29) is 0 Å². The van der Waals surface area contributed by atoms with Crippen molar-refractivity contribution in [3.05, 3.63) is 23.2 Å². The molecule has 4 heteroatoms. The number of hydrogen-bond acceptors (Lipinski definition) is 2. The summed E-state index contributed by atoms with van der Waals surface area (Å²) >= 11 is 5.44. The van der Waals surface area contributed by atoms with Crippen LogP contribution >= 0.6 is 12.2 Å². The number of rotatable bonds is 2. The Kier molecular flexibility index (Phi) is 3.20. The van der Waals surface area contributed by atoms with Crippen LogP contribution < -0.4 is 0 Å². The van der Waals surface area contributed by atoms with Crippen molar-refractivity contribution in [1.29, 1.82) is 0 Å². The molecule has 2 aromatic heterocycles. The number of aromatic amines is 1. The Bertz CT molecular complexity index is 598. The third-order valence-corrected chi connectivity index (χ3v) is 4.60. The molecule has 0 spiro atoms. The second-order valence-corrected chi connectivity index (χ2v) is 5.84. The molecule has 2 atom stereocenters. The van der Waals surface area contributed by atoms with Gasteiger partial charge in [-0.05, 0) is 36.5 Å². The lowest BCUT2D eigenvalue weighted by Crippen LogP contribution is -2.22. The minimum Gasteiger partial charge on any atom is -0.329 e. The zero-order valence-corrected chi connectivity index (χ0v) is 11.5. The summed E-state index contributed by atoms with van der Waals surface area (Å²) < 4.78 is 3.08. The zero-order chi connectivity index (χ0) is 12.5. The Hall–Kier alpha value is -1.16. The van der Waals surface area contributed by atoms with Crippen molar-refractivity contribution in [1.82, 2.24) is 14.5 Å². The van der Waals surface area contributed by atoms with Gasteiger partial charge in [0, 0.05) is 12.7 Å². The zero-order valence-electron chi connectivity index (χ0n) is 10.7. The van der Waals surface area contributed by atoms with Crippen LogP contribution in [0.25, 0.3) is 11.0 Å². The third kappa shape index (κ3) is 2.09. The molecule has 1 N–H and O–H groups in total. The molecule has 18 heavy (non-hydrogen) atoms. The maximum Gasteiger partial charge on any atom is 0.178 e. The third-order valence-electron chi connectivity index (χ3n) is 4.28. The first-order valence-electron chi connectivity index (χ1n) is 6.78. The number of fused-ring (bicyclic) bond motifs is 1. The predicted molar refractivity (Wildman–Crippen MR) is 76.0 cm³/mol. The van der Waals surface area contributed by atoms with Crippen LogP contribution in [0.2, 0.25) is 0 Å². The highest BCUT2D eigenvalue weighted by molar-refractivity contribution is 7.71. The standard InChI is InChI=1S/C14H19N3S/c1-10-4-2-3-5-11(10)9-17-13-6-7-15-8-12(13)16-14(17)18/h6-8,10-11H,2-5,9H2,1H3,(H,16,18). The van der Waals surface area contributed by atoms with Crippen LogP contribution in [0, 0.1) is 16.6 Å². The number of H-pyrrole nitrogens is 1. The normalized spacial score (nSPS) is 24.5. The molecule has 1 fully saturated rings. The SMILES string of the molecule is CC1CCCCC1Cn1c(=S)[nH]c2cnccc21. The number of aromatic nitrogens is 3. The Labute approximate surface area is 112 Å². The van der Waals surface area contributed by atoms with Crippen LogP contribution in [0.4, 0.5) is 0 Å². The van der Waals surface area contributed by atoms with Crippen molar-refractivity contribution in [3.8, 4) is 0 Å². The molecule has 2 unspecified atom stereocenters. The van der Waals surface area contributed by atoms with Crippen LogP contribution in [-0.2, 0) is 6.54 Å². The Morgan fingerprint density at radius 3 is 3.11 bits per heavy atom. The summed E-state index contributed by atoms with van der Waals surface area (Å²) in [6, 6.07) is 2.05. The molecule has 0 aliphatic heterocycles. The van der Waals surface area contributed by atoms with Gasteiger partial charge >= 0.3 is 0 Å². The maximum atomic E-state index is 5.44. The van der Waals surface area contributed by atoms with Gasteiger partial charge in [-0.2, -0.15) is 0 Å². The van der Waals surface area contributed by atoms with Gasteiger partial charge in [-0.15, -0.1) is 0 Å². The molecule has 0 saturated heterocycles. The summed E-state index contributed by atoms with van der Waals surface area (Å²) in [5, 5.41) is 0. The number of nitrogens with zero attached hydrogens (tertiary/aromatic N) is 2. The molecular formula is C14H19N3S. The highest BCUT2D eigenvalue weighted by Crippen LogP contribution is 2.31. The monoisotopic (exact) mass is 261 g/mol. The Morgan fingerprint density at radius 1 is 1.44 bits per heavy atom. The minimum atomic E-state index is 0.762. The van der Waals surface area contributed by atoms with Gasteiger partial charge in [-0.1, -0.05) is 26.2 Å². The molecule has 1 aliphatic rings. The molecule has 2 aromatic rings. The molecule has 1 aliphatic carbocycles. The Balaban J connectivity index is 1.94. The van der Waals surface area contributed by atoms with E-state index in [1.165, 1.54) is 31.2 Å². The second-order valence-electron chi connectivity index (χ2n) is 5.46. The topological polar surface area (TPSA) is 33.6 Å². The van der Waals surface area contributed by atoms with Crippen molar-refractivity contribution in [2.45, 2.75) is 39.2 Å². The van der Waals surface area contributed by atoms with Crippen LogP contribution in [-0.4, -0.2) is 14.5 Å². The van der Waals surface area contributed by atoms with Gasteiger partial charge in [0.15, 0.2) is 4.77 Å². The van der Waals surface area contributed by atoms with Crippen molar-refractivity contribution in [3.63, 3.8) is 0 Å². The van der Waals surface area contributed by atoms with Crippen molar-refractivity contribution in [2.75, 3.05) is 0 Å². The van der Waals surface area contributed by atoms with Crippen LogP contribution in [0.3, 0.4) is 0 Å². The van der Waals surface area contributed by atoms with Crippen molar-refractivity contribution in [2.24, 2.45) is 11.8 Å². The average molecular weight is 261 g/mol. The van der Waals surface area contributed by atoms with Gasteiger partial charge in [0.1, 0.15) is 0 Å². The van der Waals surface area contributed by atoms with E-state index in [9.17, 15) is 0 Å². The lowest BCUT2D eigenvalue weighted by molar-refractivity contribution is 0.230. The second kappa shape index (κ2) is 4.84. The molecule has 0 radical (unpaired) electrons. The van der Waals surface area contributed by atoms with E-state index in [1.807, 2.05) is 12.4 Å². The number of pyridine rings is 1. The van der Waals surface area contributed by atoms with E-state index < -0.39 is 0 Å². The fraction of sp³-hybridized carbons (Fsp3) is 0.571. The van der Waals surface area contributed by atoms with Crippen molar-refractivity contribution < 1.29 is 0 Å². The van der Waals surface area contributed by atoms with E-state index >= 15 is 0 Å². The fourth-order valence-electron chi connectivity index (χ4n) is 3.09. The molecule has 0 aromatic carbocycles. The summed E-state index contributed by atoms with van der Waals surface area (Å²) in [5.41, 5.74) is 2.23. The molecule has 3 rings (SSSR count). The number of imidazole rings is 1. The smallest absolute Gasteiger partial charge is 0.178 e. The number of nitrogens with one attached hydrogen (secondary N) is 1. The maximum absolute atomic E-state index is 5.44. The predicted octanol–water partition coefficient (Wildman–Crippen LogP) is 3.92. The van der Waals surface area contributed by atoms with Crippen LogP contribution in [0.5, 0.6) is 0 Å². The first kappa shape index (κ1) is 11.9. The van der Waals surface area contributed by atoms with Crippen LogP contribution in [0.15, 0.2) is 18.5 Å². The minimum absolute atomic E-state index is 0.762. The molecular weight excluding hydrogens is 242 g/mol. The molecule has 0 bridgehead atoms. The summed E-state index contributed by atoms with van der Waals surface area (Å²) in [6.07, 6.45) is 9.15. The van der Waals surface area contributed by atoms with Crippen molar-refractivity contribution >= 4 is 23.3 Å².